The number of nitro benzene ring substituents is 1. The molecule has 1 aliphatic heterocycles. The Bertz CT molecular complexity index is 568. The summed E-state index contributed by atoms with van der Waals surface area (Å²) in [4.78, 5) is 25.0. The first-order chi connectivity index (χ1) is 10.6. The maximum absolute atomic E-state index is 12.6. The largest absolute Gasteiger partial charge is 0.493 e. The SMILES string of the molecule is COc1cc(C(=O)N2CCCNCC2)c([N+](=O)[O-])cc1OC. The fraction of sp³-hybridized carbons (Fsp3) is 0.500. The Morgan fingerprint density at radius 2 is 1.91 bits per heavy atom. The first-order valence-electron chi connectivity index (χ1n) is 6.99. The van der Waals surface area contributed by atoms with Crippen molar-refractivity contribution in [1.29, 1.82) is 0 Å². The van der Waals surface area contributed by atoms with Gasteiger partial charge >= 0.3 is 0 Å². The number of nitrogens with one attached hydrogen (secondary N) is 1. The summed E-state index contributed by atoms with van der Waals surface area (Å²) in [5, 5.41) is 14.5. The van der Waals surface area contributed by atoms with Crippen LogP contribution in [0.1, 0.15) is 16.8 Å². The van der Waals surface area contributed by atoms with Crippen LogP contribution in [0.25, 0.3) is 0 Å². The second kappa shape index (κ2) is 7.08. The van der Waals surface area contributed by atoms with E-state index in [-0.39, 0.29) is 22.9 Å². The van der Waals surface area contributed by atoms with Crippen LogP contribution in [0.4, 0.5) is 5.69 Å². The summed E-state index contributed by atoms with van der Waals surface area (Å²) in [7, 11) is 2.82. The Balaban J connectivity index is 2.42. The lowest BCUT2D eigenvalue weighted by Crippen LogP contribution is -2.34. The molecule has 1 N–H and O–H groups in total. The van der Waals surface area contributed by atoms with Gasteiger partial charge in [0, 0.05) is 25.7 Å². The van der Waals surface area contributed by atoms with Crippen LogP contribution >= 0.6 is 0 Å². The van der Waals surface area contributed by atoms with Crippen molar-refractivity contribution in [3.8, 4) is 11.5 Å². The van der Waals surface area contributed by atoms with Gasteiger partial charge in [0.25, 0.3) is 11.6 Å². The number of ether oxygens (including phenoxy) is 2. The summed E-state index contributed by atoms with van der Waals surface area (Å²) in [5.41, 5.74) is -0.260. The average Bonchev–Trinajstić information content (AvgIpc) is 2.81. The molecule has 1 saturated heterocycles. The normalized spacial score (nSPS) is 15.1. The predicted molar refractivity (Wildman–Crippen MR) is 79.6 cm³/mol. The highest BCUT2D eigenvalue weighted by Gasteiger charge is 2.28. The van der Waals surface area contributed by atoms with Crippen LogP contribution in [0.3, 0.4) is 0 Å². The van der Waals surface area contributed by atoms with Crippen LogP contribution < -0.4 is 14.8 Å². The van der Waals surface area contributed by atoms with E-state index in [1.807, 2.05) is 0 Å². The molecule has 1 heterocycles. The Hall–Kier alpha value is -2.35. The van der Waals surface area contributed by atoms with Crippen molar-refractivity contribution in [2.75, 3.05) is 40.4 Å². The van der Waals surface area contributed by atoms with Crippen LogP contribution in [0.2, 0.25) is 0 Å². The maximum atomic E-state index is 12.6. The van der Waals surface area contributed by atoms with Gasteiger partial charge in [0.05, 0.1) is 25.2 Å². The number of nitrogens with zero attached hydrogens (tertiary/aromatic N) is 2. The monoisotopic (exact) mass is 309 g/mol. The topological polar surface area (TPSA) is 93.9 Å². The third-order valence-corrected chi connectivity index (χ3v) is 3.56. The smallest absolute Gasteiger partial charge is 0.286 e. The van der Waals surface area contributed by atoms with Crippen molar-refractivity contribution in [3.05, 3.63) is 27.8 Å². The van der Waals surface area contributed by atoms with Gasteiger partial charge in [0.15, 0.2) is 11.5 Å². The van der Waals surface area contributed by atoms with E-state index < -0.39 is 4.92 Å². The molecule has 0 atom stereocenters. The number of carbonyl (C=O) groups is 1. The molecule has 1 aromatic carbocycles. The Morgan fingerprint density at radius 3 is 2.55 bits per heavy atom. The number of benzene rings is 1. The fourth-order valence-corrected chi connectivity index (χ4v) is 2.41. The highest BCUT2D eigenvalue weighted by atomic mass is 16.6. The third kappa shape index (κ3) is 3.28. The molecule has 0 aliphatic carbocycles. The number of amides is 1. The van der Waals surface area contributed by atoms with E-state index in [2.05, 4.69) is 5.32 Å². The van der Waals surface area contributed by atoms with E-state index in [1.165, 1.54) is 26.4 Å². The molecule has 0 bridgehead atoms. The Morgan fingerprint density at radius 1 is 1.23 bits per heavy atom. The summed E-state index contributed by atoms with van der Waals surface area (Å²) in [6, 6.07) is 2.60. The van der Waals surface area contributed by atoms with Gasteiger partial charge in [-0.1, -0.05) is 0 Å². The van der Waals surface area contributed by atoms with Crippen molar-refractivity contribution in [2.45, 2.75) is 6.42 Å². The van der Waals surface area contributed by atoms with Crippen LogP contribution in [-0.2, 0) is 0 Å². The molecule has 8 nitrogen and oxygen atoms in total. The lowest BCUT2D eigenvalue weighted by atomic mass is 10.1. The first kappa shape index (κ1) is 16.0. The van der Waals surface area contributed by atoms with Crippen LogP contribution in [0, 0.1) is 10.1 Å². The number of nitro groups is 1. The zero-order valence-corrected chi connectivity index (χ0v) is 12.6. The molecule has 0 spiro atoms. The summed E-state index contributed by atoms with van der Waals surface area (Å²) >= 11 is 0. The molecule has 0 aromatic heterocycles. The Kier molecular flexibility index (Phi) is 5.16. The quantitative estimate of drug-likeness (QED) is 0.660. The maximum Gasteiger partial charge on any atom is 0.286 e. The van der Waals surface area contributed by atoms with Crippen molar-refractivity contribution in [3.63, 3.8) is 0 Å². The lowest BCUT2D eigenvalue weighted by molar-refractivity contribution is -0.385. The summed E-state index contributed by atoms with van der Waals surface area (Å²) in [6.07, 6.45) is 0.812. The van der Waals surface area contributed by atoms with Crippen molar-refractivity contribution >= 4 is 11.6 Å². The molecule has 1 aromatic rings. The van der Waals surface area contributed by atoms with E-state index >= 15 is 0 Å². The molecule has 2 rings (SSSR count). The van der Waals surface area contributed by atoms with Crippen LogP contribution in [-0.4, -0.2) is 56.1 Å². The predicted octanol–water partition coefficient (Wildman–Crippen LogP) is 1.05. The van der Waals surface area contributed by atoms with Gasteiger partial charge in [-0.3, -0.25) is 14.9 Å². The minimum absolute atomic E-state index is 0.0181. The second-order valence-electron chi connectivity index (χ2n) is 4.88. The van der Waals surface area contributed by atoms with Crippen LogP contribution in [0.15, 0.2) is 12.1 Å². The van der Waals surface area contributed by atoms with E-state index in [0.29, 0.717) is 25.4 Å². The number of rotatable bonds is 4. The lowest BCUT2D eigenvalue weighted by Gasteiger charge is -2.20. The number of hydrogen-bond acceptors (Lipinski definition) is 6. The first-order valence-corrected chi connectivity index (χ1v) is 6.99. The van der Waals surface area contributed by atoms with Crippen molar-refractivity contribution in [1.82, 2.24) is 10.2 Å². The van der Waals surface area contributed by atoms with Gasteiger partial charge < -0.3 is 19.7 Å². The minimum atomic E-state index is -0.578. The molecule has 120 valence electrons. The highest BCUT2D eigenvalue weighted by Crippen LogP contribution is 2.35. The van der Waals surface area contributed by atoms with Crippen molar-refractivity contribution in [2.24, 2.45) is 0 Å². The molecule has 0 saturated carbocycles. The molecule has 1 fully saturated rings. The van der Waals surface area contributed by atoms with Gasteiger partial charge in [0.1, 0.15) is 5.56 Å². The molecule has 1 amide bonds. The molecule has 0 radical (unpaired) electrons. The number of methoxy groups -OCH3 is 2. The Labute approximate surface area is 128 Å². The standard InChI is InChI=1S/C14H19N3O5/c1-21-12-8-10(11(17(19)20)9-13(12)22-2)14(18)16-6-3-4-15-5-7-16/h8-9,15H,3-7H2,1-2H3. The average molecular weight is 309 g/mol. The molecule has 1 aliphatic rings. The van der Waals surface area contributed by atoms with E-state index in [1.54, 1.807) is 4.90 Å². The zero-order valence-electron chi connectivity index (χ0n) is 12.6. The van der Waals surface area contributed by atoms with Gasteiger partial charge in [-0.25, -0.2) is 0 Å². The molecular weight excluding hydrogens is 290 g/mol. The van der Waals surface area contributed by atoms with E-state index in [9.17, 15) is 14.9 Å². The summed E-state index contributed by atoms with van der Waals surface area (Å²) in [6.45, 7) is 2.59. The molecule has 0 unspecified atom stereocenters. The van der Waals surface area contributed by atoms with Crippen LogP contribution in [0.5, 0.6) is 11.5 Å². The van der Waals surface area contributed by atoms with Gasteiger partial charge in [0.2, 0.25) is 0 Å². The summed E-state index contributed by atoms with van der Waals surface area (Å²) < 4.78 is 10.2. The van der Waals surface area contributed by atoms with Crippen molar-refractivity contribution < 1.29 is 19.2 Å². The molecule has 22 heavy (non-hydrogen) atoms. The number of hydrogen-bond donors (Lipinski definition) is 1. The van der Waals surface area contributed by atoms with Gasteiger partial charge in [-0.2, -0.15) is 0 Å². The zero-order chi connectivity index (χ0) is 16.1. The van der Waals surface area contributed by atoms with E-state index in [4.69, 9.17) is 9.47 Å². The van der Waals surface area contributed by atoms with Gasteiger partial charge in [-0.05, 0) is 13.0 Å². The fourth-order valence-electron chi connectivity index (χ4n) is 2.41. The second-order valence-corrected chi connectivity index (χ2v) is 4.88. The third-order valence-electron chi connectivity index (χ3n) is 3.56. The van der Waals surface area contributed by atoms with Gasteiger partial charge in [-0.15, -0.1) is 0 Å². The summed E-state index contributed by atoms with van der Waals surface area (Å²) in [5.74, 6) is 0.157. The minimum Gasteiger partial charge on any atom is -0.493 e. The number of carbonyl (C=O) groups excluding carboxylic acids is 1. The molecule has 8 heteroatoms. The van der Waals surface area contributed by atoms with E-state index in [0.717, 1.165) is 13.0 Å². The highest BCUT2D eigenvalue weighted by molar-refractivity contribution is 5.99. The molecular formula is C14H19N3O5.